The number of benzene rings is 1. The van der Waals surface area contributed by atoms with Crippen molar-refractivity contribution in [3.63, 3.8) is 0 Å². The Morgan fingerprint density at radius 2 is 1.97 bits per heavy atom. The van der Waals surface area contributed by atoms with Crippen LogP contribution in [0.1, 0.15) is 60.1 Å². The second-order valence-electron chi connectivity index (χ2n) is 9.90. The SMILES string of the molecule is CCn1nc(C)cc1C(=O)Cc1nc2cc(C(N)=O)c3ccoc3c2n1C/C=C/CNC(=O)OC(C)(C)C. The number of nitrogens with one attached hydrogen (secondary N) is 1. The summed E-state index contributed by atoms with van der Waals surface area (Å²) in [6.07, 6.45) is 4.62. The van der Waals surface area contributed by atoms with E-state index in [1.54, 1.807) is 49.7 Å². The van der Waals surface area contributed by atoms with Crippen LogP contribution in [0.2, 0.25) is 0 Å². The van der Waals surface area contributed by atoms with Crippen LogP contribution in [0.3, 0.4) is 0 Å². The Morgan fingerprint density at radius 1 is 1.21 bits per heavy atom. The van der Waals surface area contributed by atoms with Gasteiger partial charge < -0.3 is 24.8 Å². The summed E-state index contributed by atoms with van der Waals surface area (Å²) in [5.74, 6) is -0.234. The summed E-state index contributed by atoms with van der Waals surface area (Å²) >= 11 is 0. The Hall–Kier alpha value is -4.41. The van der Waals surface area contributed by atoms with E-state index in [4.69, 9.17) is 19.9 Å². The first-order valence-corrected chi connectivity index (χ1v) is 12.4. The minimum atomic E-state index is -0.596. The molecule has 3 aromatic heterocycles. The number of alkyl carbamates (subject to hydrolysis) is 1. The number of hydrogen-bond acceptors (Lipinski definition) is 7. The quantitative estimate of drug-likeness (QED) is 0.251. The summed E-state index contributed by atoms with van der Waals surface area (Å²) < 4.78 is 14.5. The van der Waals surface area contributed by atoms with Gasteiger partial charge in [0.25, 0.3) is 0 Å². The van der Waals surface area contributed by atoms with E-state index < -0.39 is 17.6 Å². The Bertz CT molecular complexity index is 1550. The Kier molecular flexibility index (Phi) is 7.38. The van der Waals surface area contributed by atoms with Crippen molar-refractivity contribution in [2.24, 2.45) is 5.73 Å². The number of aromatic nitrogens is 4. The lowest BCUT2D eigenvalue weighted by Crippen LogP contribution is -2.32. The average Bonchev–Trinajstić information content (AvgIpc) is 3.53. The van der Waals surface area contributed by atoms with Gasteiger partial charge >= 0.3 is 6.09 Å². The van der Waals surface area contributed by atoms with Crippen molar-refractivity contribution in [2.75, 3.05) is 6.54 Å². The van der Waals surface area contributed by atoms with E-state index in [2.05, 4.69) is 10.4 Å². The molecule has 0 aliphatic carbocycles. The van der Waals surface area contributed by atoms with Gasteiger partial charge in [0.2, 0.25) is 5.91 Å². The van der Waals surface area contributed by atoms with Gasteiger partial charge in [-0.1, -0.05) is 12.2 Å². The van der Waals surface area contributed by atoms with E-state index in [-0.39, 0.29) is 18.7 Å². The lowest BCUT2D eigenvalue weighted by Gasteiger charge is -2.19. The molecule has 3 heterocycles. The zero-order chi connectivity index (χ0) is 27.6. The number of fused-ring (bicyclic) bond motifs is 3. The molecule has 1 aromatic carbocycles. The molecule has 4 rings (SSSR count). The number of ether oxygens (including phenoxy) is 1. The second-order valence-corrected chi connectivity index (χ2v) is 9.90. The minimum absolute atomic E-state index is 0.0118. The molecular formula is C27H32N6O5. The third kappa shape index (κ3) is 5.61. The van der Waals surface area contributed by atoms with Gasteiger partial charge in [-0.3, -0.25) is 14.3 Å². The Morgan fingerprint density at radius 3 is 2.66 bits per heavy atom. The molecule has 11 heteroatoms. The molecule has 0 aliphatic rings. The molecule has 0 fully saturated rings. The molecule has 0 spiro atoms. The predicted molar refractivity (Wildman–Crippen MR) is 142 cm³/mol. The number of amides is 2. The van der Waals surface area contributed by atoms with Crippen LogP contribution >= 0.6 is 0 Å². The third-order valence-electron chi connectivity index (χ3n) is 5.81. The largest absolute Gasteiger partial charge is 0.462 e. The lowest BCUT2D eigenvalue weighted by atomic mass is 10.1. The van der Waals surface area contributed by atoms with Gasteiger partial charge in [-0.05, 0) is 52.8 Å². The zero-order valence-electron chi connectivity index (χ0n) is 22.2. The molecule has 0 saturated heterocycles. The number of primary amides is 1. The number of aryl methyl sites for hydroxylation is 2. The van der Waals surface area contributed by atoms with E-state index in [0.717, 1.165) is 5.69 Å². The smallest absolute Gasteiger partial charge is 0.407 e. The highest BCUT2D eigenvalue weighted by molar-refractivity contribution is 6.13. The maximum atomic E-state index is 13.3. The van der Waals surface area contributed by atoms with E-state index in [1.165, 1.54) is 6.26 Å². The highest BCUT2D eigenvalue weighted by Crippen LogP contribution is 2.31. The number of rotatable bonds is 9. The average molecular weight is 521 g/mol. The highest BCUT2D eigenvalue weighted by Gasteiger charge is 2.23. The fraction of sp³-hybridized carbons (Fsp3) is 0.370. The first-order valence-electron chi connectivity index (χ1n) is 12.4. The van der Waals surface area contributed by atoms with Crippen molar-refractivity contribution in [1.29, 1.82) is 0 Å². The van der Waals surface area contributed by atoms with Crippen molar-refractivity contribution in [3.05, 3.63) is 59.4 Å². The summed E-state index contributed by atoms with van der Waals surface area (Å²) in [6.45, 7) is 10.3. The molecule has 4 aromatic rings. The number of carbonyl (C=O) groups excluding carboxylic acids is 3. The molecule has 0 bridgehead atoms. The van der Waals surface area contributed by atoms with Crippen molar-refractivity contribution in [2.45, 2.75) is 59.7 Å². The van der Waals surface area contributed by atoms with Crippen LogP contribution in [-0.4, -0.2) is 49.3 Å². The van der Waals surface area contributed by atoms with Crippen LogP contribution in [-0.2, 0) is 24.2 Å². The number of nitrogens with zero attached hydrogens (tertiary/aromatic N) is 4. The standard InChI is InChI=1S/C27H32N6O5/c1-6-33-20(13-16(2)31-33)21(34)15-22-30-19-14-18(25(28)35)17-9-12-37-24(17)23(19)32(22)11-8-7-10-29-26(36)38-27(3,4)5/h7-9,12-14H,6,10-11,15H2,1-5H3,(H2,28,35)(H,29,36)/b8-7+. The molecule has 11 nitrogen and oxygen atoms in total. The van der Waals surface area contributed by atoms with Crippen LogP contribution in [0.25, 0.3) is 22.0 Å². The van der Waals surface area contributed by atoms with Crippen molar-refractivity contribution < 1.29 is 23.5 Å². The lowest BCUT2D eigenvalue weighted by molar-refractivity contribution is 0.0533. The molecule has 3 N–H and O–H groups in total. The van der Waals surface area contributed by atoms with Crippen molar-refractivity contribution in [1.82, 2.24) is 24.6 Å². The van der Waals surface area contributed by atoms with Crippen LogP contribution in [0.5, 0.6) is 0 Å². The molecule has 200 valence electrons. The maximum absolute atomic E-state index is 13.3. The third-order valence-corrected chi connectivity index (χ3v) is 5.81. The normalized spacial score (nSPS) is 12.0. The fourth-order valence-corrected chi connectivity index (χ4v) is 4.28. The van der Waals surface area contributed by atoms with Gasteiger partial charge in [0.1, 0.15) is 22.6 Å². The second kappa shape index (κ2) is 10.5. The Labute approximate surface area is 219 Å². The zero-order valence-corrected chi connectivity index (χ0v) is 22.2. The topological polar surface area (TPSA) is 147 Å². The Balaban J connectivity index is 1.68. The number of ketones is 1. The van der Waals surface area contributed by atoms with Crippen LogP contribution < -0.4 is 11.1 Å². The molecule has 2 amide bonds. The molecule has 38 heavy (non-hydrogen) atoms. The summed E-state index contributed by atoms with van der Waals surface area (Å²) in [7, 11) is 0. The number of Topliss-reactive ketones (excluding diaryl/α,β-unsaturated/α-hetero) is 1. The maximum Gasteiger partial charge on any atom is 0.407 e. The van der Waals surface area contributed by atoms with Gasteiger partial charge in [0.15, 0.2) is 11.4 Å². The van der Waals surface area contributed by atoms with Gasteiger partial charge in [-0.2, -0.15) is 5.10 Å². The van der Waals surface area contributed by atoms with Crippen molar-refractivity contribution in [3.8, 4) is 0 Å². The van der Waals surface area contributed by atoms with E-state index >= 15 is 0 Å². The van der Waals surface area contributed by atoms with Gasteiger partial charge in [0.05, 0.1) is 29.5 Å². The number of nitrogens with two attached hydrogens (primary N) is 1. The monoisotopic (exact) mass is 520 g/mol. The molecule has 0 unspecified atom stereocenters. The number of carbonyl (C=O) groups is 3. The predicted octanol–water partition coefficient (Wildman–Crippen LogP) is 3.91. The first-order chi connectivity index (χ1) is 18.0. The van der Waals surface area contributed by atoms with Crippen LogP contribution in [0, 0.1) is 6.92 Å². The van der Waals surface area contributed by atoms with E-state index in [1.807, 2.05) is 24.5 Å². The molecular weight excluding hydrogens is 488 g/mol. The van der Waals surface area contributed by atoms with Gasteiger partial charge in [0, 0.05) is 25.0 Å². The number of imidazole rings is 1. The fourth-order valence-electron chi connectivity index (χ4n) is 4.28. The minimum Gasteiger partial charge on any atom is -0.462 e. The van der Waals surface area contributed by atoms with E-state index in [0.29, 0.717) is 52.2 Å². The first kappa shape index (κ1) is 26.6. The molecule has 0 radical (unpaired) electrons. The van der Waals surface area contributed by atoms with Crippen LogP contribution in [0.15, 0.2) is 41.0 Å². The summed E-state index contributed by atoms with van der Waals surface area (Å²) in [5.41, 5.74) is 8.16. The van der Waals surface area contributed by atoms with Gasteiger partial charge in [-0.15, -0.1) is 0 Å². The van der Waals surface area contributed by atoms with Crippen LogP contribution in [0.4, 0.5) is 4.79 Å². The highest BCUT2D eigenvalue weighted by atomic mass is 16.6. The molecule has 0 aliphatic heterocycles. The van der Waals surface area contributed by atoms with Gasteiger partial charge in [-0.25, -0.2) is 9.78 Å². The molecule has 0 saturated carbocycles. The number of allylic oxidation sites excluding steroid dienone is 1. The summed E-state index contributed by atoms with van der Waals surface area (Å²) in [6, 6.07) is 5.06. The number of hydrogen-bond donors (Lipinski definition) is 2. The summed E-state index contributed by atoms with van der Waals surface area (Å²) in [5, 5.41) is 7.62. The molecule has 0 atom stereocenters. The van der Waals surface area contributed by atoms with E-state index in [9.17, 15) is 14.4 Å². The number of furan rings is 1. The summed E-state index contributed by atoms with van der Waals surface area (Å²) in [4.78, 5) is 42.0. The van der Waals surface area contributed by atoms with Crippen molar-refractivity contribution >= 4 is 39.8 Å².